The molecule has 3 aromatic carbocycles. The zero-order chi connectivity index (χ0) is 31.0. The van der Waals surface area contributed by atoms with Gasteiger partial charge in [-0.1, -0.05) is 62.2 Å². The lowest BCUT2D eigenvalue weighted by Crippen LogP contribution is -2.45. The molecule has 0 radical (unpaired) electrons. The van der Waals surface area contributed by atoms with Gasteiger partial charge in [-0.2, -0.15) is 5.26 Å². The van der Waals surface area contributed by atoms with Crippen LogP contribution in [0.2, 0.25) is 10.0 Å². The second-order valence-electron chi connectivity index (χ2n) is 11.7. The Balaban J connectivity index is 1.91. The maximum Gasteiger partial charge on any atom is 0.338 e. The van der Waals surface area contributed by atoms with Crippen molar-refractivity contribution in [1.29, 1.82) is 5.26 Å². The fourth-order valence-corrected chi connectivity index (χ4v) is 6.20. The highest BCUT2D eigenvalue weighted by atomic mass is 35.5. The monoisotopic (exact) mass is 613 g/mol. The van der Waals surface area contributed by atoms with E-state index in [0.29, 0.717) is 23.2 Å². The third kappa shape index (κ3) is 5.87. The minimum absolute atomic E-state index is 0.000297. The average molecular weight is 615 g/mol. The molecule has 1 saturated heterocycles. The number of carbonyl (C=O) groups is 2. The molecule has 0 saturated carbocycles. The van der Waals surface area contributed by atoms with Gasteiger partial charge in [-0.15, -0.1) is 0 Å². The first-order valence-electron chi connectivity index (χ1n) is 13.3. The lowest BCUT2D eigenvalue weighted by Gasteiger charge is -2.37. The van der Waals surface area contributed by atoms with Crippen molar-refractivity contribution in [2.24, 2.45) is 5.41 Å². The van der Waals surface area contributed by atoms with Gasteiger partial charge in [0.05, 0.1) is 29.8 Å². The number of carbonyl (C=O) groups excluding carboxylic acids is 2. The van der Waals surface area contributed by atoms with Gasteiger partial charge >= 0.3 is 5.97 Å². The normalized spacial score (nSPS) is 22.0. The van der Waals surface area contributed by atoms with Gasteiger partial charge in [0.1, 0.15) is 17.0 Å². The van der Waals surface area contributed by atoms with Gasteiger partial charge in [-0.05, 0) is 66.3 Å². The zero-order valence-electron chi connectivity index (χ0n) is 23.8. The molecule has 1 fully saturated rings. The van der Waals surface area contributed by atoms with E-state index in [9.17, 15) is 14.9 Å². The number of methoxy groups -OCH3 is 1. The van der Waals surface area contributed by atoms with E-state index in [2.05, 4.69) is 16.7 Å². The number of anilines is 1. The van der Waals surface area contributed by atoms with Crippen molar-refractivity contribution in [2.75, 3.05) is 12.4 Å². The van der Waals surface area contributed by atoms with Crippen LogP contribution >= 0.6 is 23.2 Å². The summed E-state index contributed by atoms with van der Waals surface area (Å²) in [5.74, 6) is -3.83. The SMILES string of the molecule is COC(=O)c1ccc(NC(=O)[C@@H]2N[C@@H](CC(C)(C)C)[C@](C#N)(c3ccc(Cl)cc3F)[C@H]2c2cccc(Cl)c2F)cc1C. The Morgan fingerprint density at radius 3 is 2.43 bits per heavy atom. The largest absolute Gasteiger partial charge is 0.465 e. The molecule has 2 N–H and O–H groups in total. The van der Waals surface area contributed by atoms with Crippen molar-refractivity contribution in [3.05, 3.63) is 98.5 Å². The quantitative estimate of drug-likeness (QED) is 0.284. The van der Waals surface area contributed by atoms with Crippen molar-refractivity contribution in [2.45, 2.75) is 57.5 Å². The average Bonchev–Trinajstić information content (AvgIpc) is 3.23. The van der Waals surface area contributed by atoms with Crippen molar-refractivity contribution < 1.29 is 23.1 Å². The number of esters is 1. The molecule has 220 valence electrons. The van der Waals surface area contributed by atoms with Crippen LogP contribution in [-0.4, -0.2) is 31.1 Å². The second-order valence-corrected chi connectivity index (χ2v) is 12.5. The number of hydrogen-bond acceptors (Lipinski definition) is 5. The van der Waals surface area contributed by atoms with Crippen LogP contribution in [-0.2, 0) is 14.9 Å². The van der Waals surface area contributed by atoms with E-state index in [1.54, 1.807) is 19.1 Å². The predicted octanol–water partition coefficient (Wildman–Crippen LogP) is 7.33. The molecule has 4 rings (SSSR count). The van der Waals surface area contributed by atoms with Gasteiger partial charge in [-0.3, -0.25) is 4.79 Å². The van der Waals surface area contributed by atoms with Crippen LogP contribution in [0.5, 0.6) is 0 Å². The molecule has 1 aliphatic heterocycles. The molecule has 0 aromatic heterocycles. The Labute approximate surface area is 254 Å². The van der Waals surface area contributed by atoms with Crippen LogP contribution in [0.1, 0.15) is 60.2 Å². The maximum atomic E-state index is 15.8. The van der Waals surface area contributed by atoms with E-state index in [1.807, 2.05) is 20.8 Å². The molecule has 0 aliphatic carbocycles. The van der Waals surface area contributed by atoms with Crippen LogP contribution in [0.25, 0.3) is 0 Å². The van der Waals surface area contributed by atoms with Crippen LogP contribution in [0.4, 0.5) is 14.5 Å². The van der Waals surface area contributed by atoms with Gasteiger partial charge in [0.15, 0.2) is 0 Å². The Morgan fingerprint density at radius 1 is 1.12 bits per heavy atom. The first kappa shape index (κ1) is 31.4. The number of nitrogens with one attached hydrogen (secondary N) is 2. The maximum absolute atomic E-state index is 15.8. The molecule has 3 aromatic rings. The summed E-state index contributed by atoms with van der Waals surface area (Å²) >= 11 is 12.3. The Morgan fingerprint density at radius 2 is 1.83 bits per heavy atom. The van der Waals surface area contributed by atoms with Gasteiger partial charge in [-0.25, -0.2) is 13.6 Å². The number of hydrogen-bond donors (Lipinski definition) is 2. The zero-order valence-corrected chi connectivity index (χ0v) is 25.3. The molecular formula is C32H31Cl2F2N3O3. The summed E-state index contributed by atoms with van der Waals surface area (Å²) in [7, 11) is 1.28. The van der Waals surface area contributed by atoms with Crippen LogP contribution < -0.4 is 10.6 Å². The second kappa shape index (κ2) is 12.0. The molecule has 4 atom stereocenters. The lowest BCUT2D eigenvalue weighted by molar-refractivity contribution is -0.118. The standard InChI is InChI=1S/C32H31Cl2F2N3O3/c1-17-13-19(10-11-20(17)30(41)42-5)38-29(40)28-26(21-7-6-8-23(34)27(21)36)32(16-37,25(39-28)15-31(2,3)4)22-12-9-18(33)14-24(22)35/h6-14,25-26,28,39H,15H2,1-5H3,(H,38,40)/t25-,26-,28+,32-/m0/s1. The Hall–Kier alpha value is -3.51. The minimum atomic E-state index is -1.74. The topological polar surface area (TPSA) is 91.2 Å². The number of amides is 1. The number of ether oxygens (including phenoxy) is 1. The third-order valence-corrected chi connectivity index (χ3v) is 8.16. The molecule has 42 heavy (non-hydrogen) atoms. The summed E-state index contributed by atoms with van der Waals surface area (Å²) in [4.78, 5) is 26.1. The minimum Gasteiger partial charge on any atom is -0.465 e. The summed E-state index contributed by atoms with van der Waals surface area (Å²) in [5, 5.41) is 17.0. The number of nitrogens with zero attached hydrogens (tertiary/aromatic N) is 1. The van der Waals surface area contributed by atoms with Crippen LogP contribution in [0.3, 0.4) is 0 Å². The molecule has 0 bridgehead atoms. The van der Waals surface area contributed by atoms with E-state index in [0.717, 1.165) is 6.07 Å². The van der Waals surface area contributed by atoms with Gasteiger partial charge in [0.25, 0.3) is 0 Å². The number of halogens is 4. The summed E-state index contributed by atoms with van der Waals surface area (Å²) < 4.78 is 36.3. The van der Waals surface area contributed by atoms with Crippen molar-refractivity contribution >= 4 is 40.8 Å². The third-order valence-electron chi connectivity index (χ3n) is 7.63. The van der Waals surface area contributed by atoms with E-state index in [1.165, 1.54) is 43.5 Å². The summed E-state index contributed by atoms with van der Waals surface area (Å²) in [5.41, 5.74) is -0.838. The Kier molecular flexibility index (Phi) is 8.98. The first-order valence-corrected chi connectivity index (χ1v) is 14.1. The van der Waals surface area contributed by atoms with E-state index < -0.39 is 46.9 Å². The molecule has 1 amide bonds. The highest BCUT2D eigenvalue weighted by Gasteiger charge is 2.61. The number of benzene rings is 3. The molecule has 0 unspecified atom stereocenters. The number of nitriles is 1. The van der Waals surface area contributed by atoms with Gasteiger partial charge in [0, 0.05) is 28.2 Å². The van der Waals surface area contributed by atoms with E-state index >= 15 is 8.78 Å². The highest BCUT2D eigenvalue weighted by Crippen LogP contribution is 2.52. The lowest BCUT2D eigenvalue weighted by atomic mass is 9.62. The fraction of sp³-hybridized carbons (Fsp3) is 0.344. The van der Waals surface area contributed by atoms with Gasteiger partial charge < -0.3 is 15.4 Å². The first-order chi connectivity index (χ1) is 19.7. The summed E-state index contributed by atoms with van der Waals surface area (Å²) in [6.07, 6.45) is 0.345. The molecule has 1 aliphatic rings. The van der Waals surface area contributed by atoms with Crippen LogP contribution in [0, 0.1) is 35.3 Å². The number of rotatable bonds is 6. The Bertz CT molecular complexity index is 1580. The molecule has 6 nitrogen and oxygen atoms in total. The number of aryl methyl sites for hydroxylation is 1. The van der Waals surface area contributed by atoms with E-state index in [-0.39, 0.29) is 26.6 Å². The molecule has 10 heteroatoms. The summed E-state index contributed by atoms with van der Waals surface area (Å²) in [6, 6.07) is 13.4. The highest BCUT2D eigenvalue weighted by molar-refractivity contribution is 6.31. The predicted molar refractivity (Wildman–Crippen MR) is 159 cm³/mol. The van der Waals surface area contributed by atoms with Crippen molar-refractivity contribution in [3.63, 3.8) is 0 Å². The fourth-order valence-electron chi connectivity index (χ4n) is 5.86. The van der Waals surface area contributed by atoms with Crippen molar-refractivity contribution in [3.8, 4) is 6.07 Å². The van der Waals surface area contributed by atoms with Gasteiger partial charge in [0.2, 0.25) is 5.91 Å². The molecule has 0 spiro atoms. The van der Waals surface area contributed by atoms with Crippen molar-refractivity contribution in [1.82, 2.24) is 5.32 Å². The summed E-state index contributed by atoms with van der Waals surface area (Å²) in [6.45, 7) is 7.58. The van der Waals surface area contributed by atoms with Crippen LogP contribution in [0.15, 0.2) is 54.6 Å². The molecular weight excluding hydrogens is 583 g/mol. The van der Waals surface area contributed by atoms with E-state index in [4.69, 9.17) is 27.9 Å². The molecule has 1 heterocycles. The smallest absolute Gasteiger partial charge is 0.338 e.